The SMILES string of the molecule is CC(=O)OCC(=O)[C@]12N=C(C)O[C@@H]1C[C@@H]1[C@H]3CCC4=CC(=O)C=C[C@]4(C)[C@]3(F)[C@@H](O)C[C@@]12C. The normalized spacial score (nSPS) is 47.4. The number of Topliss-reactive ketones (excluding diaryl/α,β-unsaturated/α-hetero) is 1. The molecule has 3 saturated carbocycles. The van der Waals surface area contributed by atoms with E-state index in [2.05, 4.69) is 4.99 Å². The fourth-order valence-electron chi connectivity index (χ4n) is 7.85. The molecule has 0 aromatic rings. The summed E-state index contributed by atoms with van der Waals surface area (Å²) >= 11 is 0. The van der Waals surface area contributed by atoms with Gasteiger partial charge in [-0.2, -0.15) is 0 Å². The standard InChI is InChI=1S/C25H30FNO6/c1-13-27-25(20(31)12-32-14(2)28)21(33-13)10-18-17-6-5-15-9-16(29)7-8-22(15,3)24(17,26)19(30)11-23(18,25)4/h7-9,17-19,21,30H,5-6,10-12H2,1-4H3/t17-,18-,19+,21-,22+,23+,24-,25+/m1/s1. The van der Waals surface area contributed by atoms with Crippen LogP contribution < -0.4 is 0 Å². The fourth-order valence-corrected chi connectivity index (χ4v) is 7.85. The van der Waals surface area contributed by atoms with Gasteiger partial charge >= 0.3 is 5.97 Å². The van der Waals surface area contributed by atoms with Crippen LogP contribution in [0.15, 0.2) is 28.8 Å². The van der Waals surface area contributed by atoms with Crippen molar-refractivity contribution in [2.24, 2.45) is 27.7 Å². The second-order valence-corrected chi connectivity index (χ2v) is 10.7. The molecule has 178 valence electrons. The minimum atomic E-state index is -1.99. The monoisotopic (exact) mass is 459 g/mol. The lowest BCUT2D eigenvalue weighted by molar-refractivity contribution is -0.198. The van der Waals surface area contributed by atoms with E-state index in [4.69, 9.17) is 9.47 Å². The molecule has 0 radical (unpaired) electrons. The Balaban J connectivity index is 1.60. The zero-order valence-corrected chi connectivity index (χ0v) is 19.4. The van der Waals surface area contributed by atoms with Crippen LogP contribution in [-0.4, -0.2) is 58.6 Å². The largest absolute Gasteiger partial charge is 0.475 e. The molecule has 1 aliphatic heterocycles. The van der Waals surface area contributed by atoms with Gasteiger partial charge in [0.15, 0.2) is 29.5 Å². The van der Waals surface area contributed by atoms with Crippen molar-refractivity contribution in [2.45, 2.75) is 76.8 Å². The number of halogens is 1. The molecule has 4 aliphatic carbocycles. The van der Waals surface area contributed by atoms with Gasteiger partial charge in [0.25, 0.3) is 0 Å². The van der Waals surface area contributed by atoms with Crippen molar-refractivity contribution in [2.75, 3.05) is 6.61 Å². The Morgan fingerprint density at radius 1 is 1.33 bits per heavy atom. The minimum absolute atomic E-state index is 0.0117. The zero-order chi connectivity index (χ0) is 24.0. The molecule has 1 heterocycles. The molecule has 0 aromatic carbocycles. The van der Waals surface area contributed by atoms with Crippen LogP contribution in [0, 0.1) is 22.7 Å². The van der Waals surface area contributed by atoms with Crippen molar-refractivity contribution in [3.63, 3.8) is 0 Å². The highest BCUT2D eigenvalue weighted by Crippen LogP contribution is 2.71. The number of allylic oxidation sites excluding steroid dienone is 4. The molecule has 5 rings (SSSR count). The number of carbonyl (C=O) groups is 3. The molecule has 0 aromatic heterocycles. The summed E-state index contributed by atoms with van der Waals surface area (Å²) in [5, 5.41) is 11.4. The van der Waals surface area contributed by atoms with Crippen LogP contribution in [-0.2, 0) is 23.9 Å². The van der Waals surface area contributed by atoms with E-state index < -0.39 is 52.7 Å². The van der Waals surface area contributed by atoms with Gasteiger partial charge in [0.1, 0.15) is 6.10 Å². The number of ether oxygens (including phenoxy) is 2. The van der Waals surface area contributed by atoms with E-state index in [1.54, 1.807) is 19.9 Å². The Bertz CT molecular complexity index is 1050. The smallest absolute Gasteiger partial charge is 0.303 e. The topological polar surface area (TPSA) is 102 Å². The minimum Gasteiger partial charge on any atom is -0.475 e. The van der Waals surface area contributed by atoms with E-state index >= 15 is 4.39 Å². The molecule has 0 saturated heterocycles. The molecule has 0 spiro atoms. The summed E-state index contributed by atoms with van der Waals surface area (Å²) in [6, 6.07) is 0. The number of hydrogen-bond acceptors (Lipinski definition) is 7. The van der Waals surface area contributed by atoms with Gasteiger partial charge in [-0.3, -0.25) is 14.4 Å². The Kier molecular flexibility index (Phi) is 4.65. The van der Waals surface area contributed by atoms with Crippen LogP contribution in [0.4, 0.5) is 4.39 Å². The molecule has 0 bridgehead atoms. The maximum atomic E-state index is 17.2. The highest BCUT2D eigenvalue weighted by Gasteiger charge is 2.78. The lowest BCUT2D eigenvalue weighted by Gasteiger charge is -2.62. The molecule has 0 amide bonds. The van der Waals surface area contributed by atoms with E-state index in [0.717, 1.165) is 0 Å². The first-order valence-electron chi connectivity index (χ1n) is 11.6. The highest BCUT2D eigenvalue weighted by atomic mass is 19.1. The predicted octanol–water partition coefficient (Wildman–Crippen LogP) is 2.66. The summed E-state index contributed by atoms with van der Waals surface area (Å²) in [4.78, 5) is 41.6. The molecular formula is C25H30FNO6. The van der Waals surface area contributed by atoms with Crippen LogP contribution in [0.25, 0.3) is 0 Å². The van der Waals surface area contributed by atoms with E-state index in [0.29, 0.717) is 30.7 Å². The Morgan fingerprint density at radius 2 is 2.06 bits per heavy atom. The summed E-state index contributed by atoms with van der Waals surface area (Å²) in [5.41, 5.74) is -4.60. The van der Waals surface area contributed by atoms with Crippen molar-refractivity contribution >= 4 is 23.4 Å². The highest BCUT2D eigenvalue weighted by molar-refractivity contribution is 6.01. The Morgan fingerprint density at radius 3 is 2.76 bits per heavy atom. The average Bonchev–Trinajstić information content (AvgIpc) is 3.19. The van der Waals surface area contributed by atoms with Crippen molar-refractivity contribution in [3.8, 4) is 0 Å². The number of rotatable bonds is 3. The number of aliphatic imine (C=N–C) groups is 1. The first-order valence-corrected chi connectivity index (χ1v) is 11.6. The van der Waals surface area contributed by atoms with Crippen LogP contribution in [0.2, 0.25) is 0 Å². The summed E-state index contributed by atoms with van der Waals surface area (Å²) in [6.07, 6.45) is 3.97. The summed E-state index contributed by atoms with van der Waals surface area (Å²) in [6.45, 7) is 6.13. The van der Waals surface area contributed by atoms with Gasteiger partial charge in [0.2, 0.25) is 5.78 Å². The van der Waals surface area contributed by atoms with Crippen molar-refractivity contribution in [1.29, 1.82) is 0 Å². The summed E-state index contributed by atoms with van der Waals surface area (Å²) < 4.78 is 28.2. The third kappa shape index (κ3) is 2.58. The third-order valence-corrected chi connectivity index (χ3v) is 9.31. The Hall–Kier alpha value is -2.35. The first-order chi connectivity index (χ1) is 15.4. The zero-order valence-electron chi connectivity index (χ0n) is 19.4. The van der Waals surface area contributed by atoms with Crippen molar-refractivity contribution < 1.29 is 33.4 Å². The molecule has 1 N–H and O–H groups in total. The molecule has 7 nitrogen and oxygen atoms in total. The quantitative estimate of drug-likeness (QED) is 0.651. The summed E-state index contributed by atoms with van der Waals surface area (Å²) in [5.74, 6) is -1.57. The number of aliphatic hydroxyl groups excluding tert-OH is 1. The molecule has 8 atom stereocenters. The molecule has 8 heteroatoms. The van der Waals surface area contributed by atoms with Gasteiger partial charge in [0.05, 0.1) is 6.10 Å². The number of carbonyl (C=O) groups excluding carboxylic acids is 3. The number of hydrogen-bond donors (Lipinski definition) is 1. The van der Waals surface area contributed by atoms with E-state index in [1.807, 2.05) is 6.92 Å². The molecule has 3 fully saturated rings. The lowest BCUT2D eigenvalue weighted by Crippen LogP contribution is -2.69. The second-order valence-electron chi connectivity index (χ2n) is 10.7. The van der Waals surface area contributed by atoms with Crippen LogP contribution >= 0.6 is 0 Å². The number of alkyl halides is 1. The second kappa shape index (κ2) is 6.84. The van der Waals surface area contributed by atoms with Crippen molar-refractivity contribution in [3.05, 3.63) is 23.8 Å². The fraction of sp³-hybridized carbons (Fsp3) is 0.680. The van der Waals surface area contributed by atoms with Gasteiger partial charge in [0, 0.05) is 30.6 Å². The maximum absolute atomic E-state index is 17.2. The number of ketones is 2. The van der Waals surface area contributed by atoms with Gasteiger partial charge in [-0.1, -0.05) is 18.6 Å². The first kappa shape index (κ1) is 22.4. The molecular weight excluding hydrogens is 429 g/mol. The van der Waals surface area contributed by atoms with E-state index in [9.17, 15) is 19.5 Å². The Labute approximate surface area is 192 Å². The van der Waals surface area contributed by atoms with E-state index in [1.165, 1.54) is 19.1 Å². The maximum Gasteiger partial charge on any atom is 0.303 e. The summed E-state index contributed by atoms with van der Waals surface area (Å²) in [7, 11) is 0. The number of fused-ring (bicyclic) bond motifs is 7. The van der Waals surface area contributed by atoms with Gasteiger partial charge < -0.3 is 14.6 Å². The number of esters is 1. The number of aliphatic hydroxyl groups is 1. The molecule has 5 aliphatic rings. The van der Waals surface area contributed by atoms with Crippen LogP contribution in [0.5, 0.6) is 0 Å². The van der Waals surface area contributed by atoms with Gasteiger partial charge in [-0.15, -0.1) is 0 Å². The van der Waals surface area contributed by atoms with Crippen LogP contribution in [0.1, 0.15) is 53.4 Å². The lowest BCUT2D eigenvalue weighted by atomic mass is 9.44. The van der Waals surface area contributed by atoms with Crippen molar-refractivity contribution in [1.82, 2.24) is 0 Å². The van der Waals surface area contributed by atoms with Crippen LogP contribution in [0.3, 0.4) is 0 Å². The van der Waals surface area contributed by atoms with E-state index in [-0.39, 0.29) is 23.9 Å². The molecule has 33 heavy (non-hydrogen) atoms. The predicted molar refractivity (Wildman–Crippen MR) is 116 cm³/mol. The average molecular weight is 460 g/mol. The molecule has 0 unspecified atom stereocenters. The van der Waals surface area contributed by atoms with Gasteiger partial charge in [-0.05, 0) is 50.7 Å². The van der Waals surface area contributed by atoms with Gasteiger partial charge in [-0.25, -0.2) is 9.38 Å². The third-order valence-electron chi connectivity index (χ3n) is 9.31. The number of nitrogens with zero attached hydrogens (tertiary/aromatic N) is 1.